The molecule has 0 saturated carbocycles. The Labute approximate surface area is 299 Å². The summed E-state index contributed by atoms with van der Waals surface area (Å²) in [6.07, 6.45) is 0. The van der Waals surface area contributed by atoms with Crippen LogP contribution in [-0.2, 0) is 0 Å². The molecule has 3 heterocycles. The van der Waals surface area contributed by atoms with Gasteiger partial charge in [0.25, 0.3) is 0 Å². The van der Waals surface area contributed by atoms with E-state index in [-0.39, 0.29) is 0 Å². The number of aromatic nitrogens is 5. The standard InChI is InChI=1S/C46H29N5O/c1-5-14-30(15-6-1)43-48-44(31-16-7-2-8-17-31)50-45(49-43)36-22-13-23-41-42(36)37-28-33(25-27-40(37)52-41)34-24-26-38-39(29-34)51(35-20-11-4-12-21-35)46(47-38)32-18-9-3-10-19-32/h1-29H. The number of rotatable bonds is 6. The lowest BCUT2D eigenvalue weighted by molar-refractivity contribution is 0.669. The molecule has 6 nitrogen and oxygen atoms in total. The van der Waals surface area contributed by atoms with E-state index in [1.807, 2.05) is 84.9 Å². The summed E-state index contributed by atoms with van der Waals surface area (Å²) in [6.45, 7) is 0. The van der Waals surface area contributed by atoms with Crippen LogP contribution in [0.1, 0.15) is 0 Å². The number of hydrogen-bond donors (Lipinski definition) is 0. The van der Waals surface area contributed by atoms with Crippen molar-refractivity contribution >= 4 is 33.0 Å². The Morgan fingerprint density at radius 3 is 1.65 bits per heavy atom. The van der Waals surface area contributed by atoms with Gasteiger partial charge in [-0.2, -0.15) is 0 Å². The molecule has 0 spiro atoms. The second kappa shape index (κ2) is 12.3. The maximum Gasteiger partial charge on any atom is 0.164 e. The monoisotopic (exact) mass is 667 g/mol. The summed E-state index contributed by atoms with van der Waals surface area (Å²) in [5, 5.41) is 1.96. The van der Waals surface area contributed by atoms with Crippen LogP contribution in [0.2, 0.25) is 0 Å². The van der Waals surface area contributed by atoms with Gasteiger partial charge in [0.1, 0.15) is 17.0 Å². The van der Waals surface area contributed by atoms with E-state index in [9.17, 15) is 0 Å². The SMILES string of the molecule is c1ccc(-c2nc(-c3ccccc3)nc(-c3cccc4oc5ccc(-c6ccc7nc(-c8ccccc8)n(-c8ccccc8)c7c6)cc5c34)n2)cc1. The quantitative estimate of drug-likeness (QED) is 0.176. The number of benzene rings is 7. The summed E-state index contributed by atoms with van der Waals surface area (Å²) in [4.78, 5) is 20.1. The zero-order valence-electron chi connectivity index (χ0n) is 27.9. The average Bonchev–Trinajstić information content (AvgIpc) is 3.80. The van der Waals surface area contributed by atoms with Gasteiger partial charge in [0.15, 0.2) is 17.5 Å². The summed E-state index contributed by atoms with van der Waals surface area (Å²) in [5.41, 5.74) is 10.5. The summed E-state index contributed by atoms with van der Waals surface area (Å²) >= 11 is 0. The van der Waals surface area contributed by atoms with Crippen molar-refractivity contribution in [3.05, 3.63) is 176 Å². The topological polar surface area (TPSA) is 69.6 Å². The van der Waals surface area contributed by atoms with Crippen molar-refractivity contribution in [3.8, 4) is 62.4 Å². The molecule has 0 atom stereocenters. The van der Waals surface area contributed by atoms with Gasteiger partial charge >= 0.3 is 0 Å². The molecular weight excluding hydrogens is 639 g/mol. The molecule has 7 aromatic carbocycles. The Morgan fingerprint density at radius 2 is 0.981 bits per heavy atom. The lowest BCUT2D eigenvalue weighted by Crippen LogP contribution is -2.00. The zero-order chi connectivity index (χ0) is 34.4. The molecule has 6 heteroatoms. The molecule has 10 aromatic rings. The van der Waals surface area contributed by atoms with Crippen LogP contribution in [0.4, 0.5) is 0 Å². The van der Waals surface area contributed by atoms with E-state index in [0.717, 1.165) is 77.9 Å². The van der Waals surface area contributed by atoms with E-state index in [4.69, 9.17) is 24.4 Å². The van der Waals surface area contributed by atoms with E-state index in [1.165, 1.54) is 0 Å². The molecule has 0 aliphatic carbocycles. The molecule has 0 aliphatic rings. The third-order valence-corrected chi connectivity index (χ3v) is 9.47. The highest BCUT2D eigenvalue weighted by atomic mass is 16.3. The van der Waals surface area contributed by atoms with E-state index < -0.39 is 0 Å². The average molecular weight is 668 g/mol. The van der Waals surface area contributed by atoms with Gasteiger partial charge in [-0.3, -0.25) is 4.57 Å². The molecule has 10 rings (SSSR count). The van der Waals surface area contributed by atoms with E-state index in [1.54, 1.807) is 0 Å². The second-order valence-corrected chi connectivity index (χ2v) is 12.7. The van der Waals surface area contributed by atoms with Gasteiger partial charge in [0.05, 0.1) is 11.0 Å². The van der Waals surface area contributed by atoms with E-state index in [0.29, 0.717) is 17.5 Å². The molecule has 0 amide bonds. The van der Waals surface area contributed by atoms with E-state index >= 15 is 0 Å². The van der Waals surface area contributed by atoms with Crippen molar-refractivity contribution in [3.63, 3.8) is 0 Å². The highest BCUT2D eigenvalue weighted by Crippen LogP contribution is 2.39. The Kier molecular flexibility index (Phi) is 7.03. The van der Waals surface area contributed by atoms with Gasteiger partial charge in [0.2, 0.25) is 0 Å². The third kappa shape index (κ3) is 5.13. The lowest BCUT2D eigenvalue weighted by Gasteiger charge is -2.10. The summed E-state index contributed by atoms with van der Waals surface area (Å²) in [7, 11) is 0. The van der Waals surface area contributed by atoms with Crippen molar-refractivity contribution < 1.29 is 4.42 Å². The largest absolute Gasteiger partial charge is 0.456 e. The number of para-hydroxylation sites is 1. The van der Waals surface area contributed by atoms with Crippen LogP contribution in [-0.4, -0.2) is 24.5 Å². The van der Waals surface area contributed by atoms with Crippen LogP contribution >= 0.6 is 0 Å². The van der Waals surface area contributed by atoms with Crippen LogP contribution in [0, 0.1) is 0 Å². The van der Waals surface area contributed by atoms with Gasteiger partial charge in [-0.1, -0.05) is 133 Å². The van der Waals surface area contributed by atoms with Crippen LogP contribution in [0.5, 0.6) is 0 Å². The molecule has 0 unspecified atom stereocenters. The van der Waals surface area contributed by atoms with E-state index in [2.05, 4.69) is 95.6 Å². The Bertz CT molecular complexity index is 2820. The number of fused-ring (bicyclic) bond motifs is 4. The summed E-state index contributed by atoms with van der Waals surface area (Å²) < 4.78 is 8.69. The third-order valence-electron chi connectivity index (χ3n) is 9.47. The van der Waals surface area contributed by atoms with Crippen LogP contribution < -0.4 is 0 Å². The fraction of sp³-hybridized carbons (Fsp3) is 0. The first-order valence-electron chi connectivity index (χ1n) is 17.2. The molecule has 244 valence electrons. The fourth-order valence-corrected chi connectivity index (χ4v) is 7.00. The molecule has 0 saturated heterocycles. The van der Waals surface area contributed by atoms with Crippen molar-refractivity contribution in [2.45, 2.75) is 0 Å². The maximum absolute atomic E-state index is 6.45. The molecular formula is C46H29N5O. The first-order chi connectivity index (χ1) is 25.8. The van der Waals surface area contributed by atoms with Crippen molar-refractivity contribution in [2.24, 2.45) is 0 Å². The Morgan fingerprint density at radius 1 is 0.404 bits per heavy atom. The highest BCUT2D eigenvalue weighted by molar-refractivity contribution is 6.13. The van der Waals surface area contributed by atoms with Crippen LogP contribution in [0.3, 0.4) is 0 Å². The van der Waals surface area contributed by atoms with Crippen molar-refractivity contribution in [2.75, 3.05) is 0 Å². The minimum Gasteiger partial charge on any atom is -0.456 e. The number of hydrogen-bond acceptors (Lipinski definition) is 5. The molecule has 3 aromatic heterocycles. The normalized spacial score (nSPS) is 11.5. The van der Waals surface area contributed by atoms with Crippen molar-refractivity contribution in [1.29, 1.82) is 0 Å². The smallest absolute Gasteiger partial charge is 0.164 e. The number of furan rings is 1. The first kappa shape index (κ1) is 29.7. The van der Waals surface area contributed by atoms with Gasteiger partial charge in [-0.05, 0) is 53.6 Å². The molecule has 0 radical (unpaired) electrons. The van der Waals surface area contributed by atoms with Crippen LogP contribution in [0.15, 0.2) is 180 Å². The molecule has 0 fully saturated rings. The molecule has 0 bridgehead atoms. The van der Waals surface area contributed by atoms with Gasteiger partial charge in [0, 0.05) is 38.7 Å². The Balaban J connectivity index is 1.16. The molecule has 52 heavy (non-hydrogen) atoms. The van der Waals surface area contributed by atoms with Gasteiger partial charge in [-0.25, -0.2) is 19.9 Å². The highest BCUT2D eigenvalue weighted by Gasteiger charge is 2.19. The summed E-state index contributed by atoms with van der Waals surface area (Å²) in [6, 6.07) is 59.8. The molecule has 0 N–H and O–H groups in total. The second-order valence-electron chi connectivity index (χ2n) is 12.7. The van der Waals surface area contributed by atoms with Crippen LogP contribution in [0.25, 0.3) is 95.3 Å². The maximum atomic E-state index is 6.45. The predicted octanol–water partition coefficient (Wildman–Crippen LogP) is 11.4. The Hall–Kier alpha value is -7.18. The summed E-state index contributed by atoms with van der Waals surface area (Å²) in [5.74, 6) is 2.73. The first-order valence-corrected chi connectivity index (χ1v) is 17.2. The minimum atomic E-state index is 0.591. The molecule has 0 aliphatic heterocycles. The predicted molar refractivity (Wildman–Crippen MR) is 209 cm³/mol. The van der Waals surface area contributed by atoms with Gasteiger partial charge < -0.3 is 4.42 Å². The van der Waals surface area contributed by atoms with Gasteiger partial charge in [-0.15, -0.1) is 0 Å². The number of imidazole rings is 1. The lowest BCUT2D eigenvalue weighted by atomic mass is 10.00. The number of nitrogens with zero attached hydrogens (tertiary/aromatic N) is 5. The zero-order valence-corrected chi connectivity index (χ0v) is 27.9. The fourth-order valence-electron chi connectivity index (χ4n) is 7.00. The van der Waals surface area contributed by atoms with Crippen molar-refractivity contribution in [1.82, 2.24) is 24.5 Å². The minimum absolute atomic E-state index is 0.591.